The van der Waals surface area contributed by atoms with E-state index in [2.05, 4.69) is 15.6 Å². The van der Waals surface area contributed by atoms with Crippen molar-refractivity contribution in [1.82, 2.24) is 10.3 Å². The number of aromatic nitrogens is 1. The molecule has 27 heavy (non-hydrogen) atoms. The Bertz CT molecular complexity index is 968. The van der Waals surface area contributed by atoms with Gasteiger partial charge in [0.25, 0.3) is 11.8 Å². The van der Waals surface area contributed by atoms with Crippen LogP contribution in [-0.2, 0) is 6.54 Å². The molecule has 0 spiro atoms. The molecule has 2 aromatic carbocycles. The molecule has 0 radical (unpaired) electrons. The third-order valence-corrected chi connectivity index (χ3v) is 4.22. The standard InChI is InChI=1S/C22H21N3O2/c1-15-6-7-20(16(2)12-15)25-22(27)19-5-3-4-18(13-19)21(26)24-14-17-8-10-23-11-9-17/h3-13H,14H2,1-2H3,(H,24,26)(H,25,27). The molecule has 3 aromatic rings. The van der Waals surface area contributed by atoms with Crippen molar-refractivity contribution in [1.29, 1.82) is 0 Å². The molecule has 1 heterocycles. The van der Waals surface area contributed by atoms with Crippen LogP contribution in [0.5, 0.6) is 0 Å². The average molecular weight is 359 g/mol. The Hall–Kier alpha value is -3.47. The summed E-state index contributed by atoms with van der Waals surface area (Å²) in [5.41, 5.74) is 4.73. The molecule has 0 saturated heterocycles. The van der Waals surface area contributed by atoms with Crippen molar-refractivity contribution in [2.45, 2.75) is 20.4 Å². The van der Waals surface area contributed by atoms with Gasteiger partial charge < -0.3 is 10.6 Å². The van der Waals surface area contributed by atoms with Gasteiger partial charge in [-0.15, -0.1) is 0 Å². The predicted molar refractivity (Wildman–Crippen MR) is 106 cm³/mol. The SMILES string of the molecule is Cc1ccc(NC(=O)c2cccc(C(=O)NCc3ccncc3)c2)c(C)c1. The van der Waals surface area contributed by atoms with E-state index in [1.807, 2.05) is 44.2 Å². The van der Waals surface area contributed by atoms with Gasteiger partial charge >= 0.3 is 0 Å². The van der Waals surface area contributed by atoms with Gasteiger partial charge in [0.05, 0.1) is 0 Å². The van der Waals surface area contributed by atoms with Crippen LogP contribution in [0.2, 0.25) is 0 Å². The molecule has 1 aromatic heterocycles. The van der Waals surface area contributed by atoms with Crippen molar-refractivity contribution < 1.29 is 9.59 Å². The highest BCUT2D eigenvalue weighted by atomic mass is 16.2. The van der Waals surface area contributed by atoms with Crippen LogP contribution in [0.1, 0.15) is 37.4 Å². The van der Waals surface area contributed by atoms with E-state index in [0.29, 0.717) is 17.7 Å². The number of amides is 2. The Labute approximate surface area is 158 Å². The molecule has 0 aliphatic rings. The summed E-state index contributed by atoms with van der Waals surface area (Å²) in [5.74, 6) is -0.473. The molecule has 2 amide bonds. The van der Waals surface area contributed by atoms with Crippen LogP contribution >= 0.6 is 0 Å². The van der Waals surface area contributed by atoms with E-state index >= 15 is 0 Å². The first kappa shape index (κ1) is 18.3. The van der Waals surface area contributed by atoms with Gasteiger partial charge in [0.15, 0.2) is 0 Å². The number of hydrogen-bond acceptors (Lipinski definition) is 3. The highest BCUT2D eigenvalue weighted by Gasteiger charge is 2.11. The monoisotopic (exact) mass is 359 g/mol. The minimum Gasteiger partial charge on any atom is -0.348 e. The smallest absolute Gasteiger partial charge is 0.255 e. The fourth-order valence-electron chi connectivity index (χ4n) is 2.74. The van der Waals surface area contributed by atoms with Gasteiger partial charge in [-0.3, -0.25) is 14.6 Å². The van der Waals surface area contributed by atoms with E-state index in [4.69, 9.17) is 0 Å². The molecule has 0 saturated carbocycles. The molecule has 0 unspecified atom stereocenters. The summed E-state index contributed by atoms with van der Waals surface area (Å²) in [5, 5.41) is 5.75. The molecule has 5 heteroatoms. The maximum Gasteiger partial charge on any atom is 0.255 e. The quantitative estimate of drug-likeness (QED) is 0.726. The number of pyridine rings is 1. The van der Waals surface area contributed by atoms with Gasteiger partial charge in [0.2, 0.25) is 0 Å². The molecular weight excluding hydrogens is 338 g/mol. The molecular formula is C22H21N3O2. The number of carbonyl (C=O) groups is 2. The largest absolute Gasteiger partial charge is 0.348 e. The molecule has 5 nitrogen and oxygen atoms in total. The Kier molecular flexibility index (Phi) is 5.61. The first-order chi connectivity index (χ1) is 13.0. The molecule has 136 valence electrons. The van der Waals surface area contributed by atoms with Crippen molar-refractivity contribution in [3.05, 3.63) is 94.8 Å². The maximum absolute atomic E-state index is 12.6. The summed E-state index contributed by atoms with van der Waals surface area (Å²) < 4.78 is 0. The first-order valence-electron chi connectivity index (χ1n) is 8.69. The number of aryl methyl sites for hydroxylation is 2. The maximum atomic E-state index is 12.6. The van der Waals surface area contributed by atoms with Gasteiger partial charge in [0, 0.05) is 35.8 Å². The number of rotatable bonds is 5. The van der Waals surface area contributed by atoms with Crippen LogP contribution < -0.4 is 10.6 Å². The molecule has 3 rings (SSSR count). The van der Waals surface area contributed by atoms with Crippen LogP contribution in [-0.4, -0.2) is 16.8 Å². The molecule has 2 N–H and O–H groups in total. The lowest BCUT2D eigenvalue weighted by Crippen LogP contribution is -2.23. The van der Waals surface area contributed by atoms with Crippen LogP contribution in [0, 0.1) is 13.8 Å². The second-order valence-electron chi connectivity index (χ2n) is 6.39. The van der Waals surface area contributed by atoms with Crippen molar-refractivity contribution in [3.63, 3.8) is 0 Å². The zero-order valence-corrected chi connectivity index (χ0v) is 15.3. The van der Waals surface area contributed by atoms with Gasteiger partial charge in [-0.25, -0.2) is 0 Å². The lowest BCUT2D eigenvalue weighted by atomic mass is 10.1. The number of nitrogens with zero attached hydrogens (tertiary/aromatic N) is 1. The highest BCUT2D eigenvalue weighted by molar-refractivity contribution is 6.06. The summed E-state index contributed by atoms with van der Waals surface area (Å²) in [6.45, 7) is 4.36. The van der Waals surface area contributed by atoms with Gasteiger partial charge in [-0.2, -0.15) is 0 Å². The van der Waals surface area contributed by atoms with Crippen LogP contribution in [0.4, 0.5) is 5.69 Å². The van der Waals surface area contributed by atoms with Crippen LogP contribution in [0.3, 0.4) is 0 Å². The number of anilines is 1. The van der Waals surface area contributed by atoms with E-state index in [-0.39, 0.29) is 11.8 Å². The fourth-order valence-corrected chi connectivity index (χ4v) is 2.74. The topological polar surface area (TPSA) is 71.1 Å². The van der Waals surface area contributed by atoms with Crippen LogP contribution in [0.15, 0.2) is 67.0 Å². The predicted octanol–water partition coefficient (Wildman–Crippen LogP) is 3.88. The first-order valence-corrected chi connectivity index (χ1v) is 8.69. The summed E-state index contributed by atoms with van der Waals surface area (Å²) in [6, 6.07) is 16.2. The van der Waals surface area contributed by atoms with E-state index in [1.54, 1.807) is 36.7 Å². The van der Waals surface area contributed by atoms with Gasteiger partial charge in [-0.05, 0) is 61.4 Å². The van der Waals surface area contributed by atoms with Crippen molar-refractivity contribution >= 4 is 17.5 Å². The van der Waals surface area contributed by atoms with E-state index in [1.165, 1.54) is 0 Å². The number of benzene rings is 2. The summed E-state index contributed by atoms with van der Waals surface area (Å²) in [7, 11) is 0. The Balaban J connectivity index is 1.68. The Morgan fingerprint density at radius 1 is 0.889 bits per heavy atom. The van der Waals surface area contributed by atoms with Crippen LogP contribution in [0.25, 0.3) is 0 Å². The molecule has 0 aliphatic carbocycles. The van der Waals surface area contributed by atoms with E-state index < -0.39 is 0 Å². The van der Waals surface area contributed by atoms with E-state index in [0.717, 1.165) is 22.4 Å². The number of nitrogens with one attached hydrogen (secondary N) is 2. The minimum absolute atomic E-state index is 0.229. The molecule has 0 bridgehead atoms. The third kappa shape index (κ3) is 4.79. The normalized spacial score (nSPS) is 10.3. The lowest BCUT2D eigenvalue weighted by molar-refractivity contribution is 0.0951. The molecule has 0 fully saturated rings. The zero-order valence-electron chi connectivity index (χ0n) is 15.3. The average Bonchev–Trinajstić information content (AvgIpc) is 2.69. The number of hydrogen-bond donors (Lipinski definition) is 2. The summed E-state index contributed by atoms with van der Waals surface area (Å²) in [6.07, 6.45) is 3.36. The molecule has 0 atom stereocenters. The summed E-state index contributed by atoms with van der Waals surface area (Å²) in [4.78, 5) is 28.9. The Morgan fingerprint density at radius 2 is 1.59 bits per heavy atom. The second kappa shape index (κ2) is 8.27. The minimum atomic E-state index is -0.245. The van der Waals surface area contributed by atoms with Crippen molar-refractivity contribution in [2.24, 2.45) is 0 Å². The fraction of sp³-hybridized carbons (Fsp3) is 0.136. The van der Waals surface area contributed by atoms with Crippen molar-refractivity contribution in [3.8, 4) is 0 Å². The Morgan fingerprint density at radius 3 is 2.30 bits per heavy atom. The number of carbonyl (C=O) groups excluding carboxylic acids is 2. The zero-order chi connectivity index (χ0) is 19.2. The van der Waals surface area contributed by atoms with E-state index in [9.17, 15) is 9.59 Å². The molecule has 0 aliphatic heterocycles. The van der Waals surface area contributed by atoms with Crippen molar-refractivity contribution in [2.75, 3.05) is 5.32 Å². The van der Waals surface area contributed by atoms with Gasteiger partial charge in [0.1, 0.15) is 0 Å². The summed E-state index contributed by atoms with van der Waals surface area (Å²) >= 11 is 0. The lowest BCUT2D eigenvalue weighted by Gasteiger charge is -2.10. The highest BCUT2D eigenvalue weighted by Crippen LogP contribution is 2.17. The third-order valence-electron chi connectivity index (χ3n) is 4.22. The van der Waals surface area contributed by atoms with Gasteiger partial charge in [-0.1, -0.05) is 23.8 Å². The second-order valence-corrected chi connectivity index (χ2v) is 6.39.